The molecule has 2 N–H and O–H groups in total. The van der Waals surface area contributed by atoms with E-state index in [-0.39, 0.29) is 5.91 Å². The lowest BCUT2D eigenvalue weighted by molar-refractivity contribution is -0.117. The second-order valence-electron chi connectivity index (χ2n) is 7.81. The van der Waals surface area contributed by atoms with Crippen molar-refractivity contribution in [3.63, 3.8) is 0 Å². The van der Waals surface area contributed by atoms with E-state index in [0.29, 0.717) is 40.6 Å². The lowest BCUT2D eigenvalue weighted by Crippen LogP contribution is -2.27. The summed E-state index contributed by atoms with van der Waals surface area (Å²) in [4.78, 5) is 13.3. The Morgan fingerprint density at radius 3 is 2.20 bits per heavy atom. The Hall–Kier alpha value is -4.76. The smallest absolute Gasteiger partial charge is 0.251 e. The third kappa shape index (κ3) is 6.18. The Labute approximate surface area is 204 Å². The van der Waals surface area contributed by atoms with E-state index in [9.17, 15) is 4.79 Å². The van der Waals surface area contributed by atoms with Crippen LogP contribution in [-0.4, -0.2) is 13.0 Å². The maximum Gasteiger partial charge on any atom is 0.251 e. The van der Waals surface area contributed by atoms with Gasteiger partial charge in [-0.1, -0.05) is 54.6 Å². The molecule has 0 radical (unpaired) electrons. The minimum absolute atomic E-state index is 0.236. The van der Waals surface area contributed by atoms with E-state index in [1.807, 2.05) is 66.7 Å². The summed E-state index contributed by atoms with van der Waals surface area (Å²) >= 11 is 0. The molecule has 0 aromatic heterocycles. The third-order valence-corrected chi connectivity index (χ3v) is 5.39. The molecule has 0 fully saturated rings. The predicted octanol–water partition coefficient (Wildman–Crippen LogP) is 5.94. The number of nitrogens with one attached hydrogen (secondary N) is 2. The van der Waals surface area contributed by atoms with Crippen LogP contribution in [0.3, 0.4) is 0 Å². The molecule has 35 heavy (non-hydrogen) atoms. The predicted molar refractivity (Wildman–Crippen MR) is 136 cm³/mol. The number of anilines is 2. The fourth-order valence-electron chi connectivity index (χ4n) is 3.56. The average Bonchev–Trinajstić information content (AvgIpc) is 2.92. The van der Waals surface area contributed by atoms with Gasteiger partial charge in [-0.25, -0.2) is 0 Å². The van der Waals surface area contributed by atoms with Crippen molar-refractivity contribution in [2.75, 3.05) is 17.7 Å². The molecule has 6 nitrogen and oxygen atoms in total. The Morgan fingerprint density at radius 1 is 0.857 bits per heavy atom. The Morgan fingerprint density at radius 2 is 1.54 bits per heavy atom. The molecule has 1 atom stereocenters. The van der Waals surface area contributed by atoms with Crippen LogP contribution >= 0.6 is 0 Å². The van der Waals surface area contributed by atoms with Crippen LogP contribution in [0.5, 0.6) is 11.5 Å². The molecule has 0 spiro atoms. The van der Waals surface area contributed by atoms with E-state index < -0.39 is 6.04 Å². The highest BCUT2D eigenvalue weighted by atomic mass is 16.5. The number of benzene rings is 4. The minimum atomic E-state index is -0.722. The van der Waals surface area contributed by atoms with Gasteiger partial charge in [-0.3, -0.25) is 4.79 Å². The third-order valence-electron chi connectivity index (χ3n) is 5.39. The first-order valence-electron chi connectivity index (χ1n) is 11.1. The van der Waals surface area contributed by atoms with Crippen molar-refractivity contribution >= 4 is 17.3 Å². The molecule has 0 heterocycles. The summed E-state index contributed by atoms with van der Waals surface area (Å²) in [6.45, 7) is 0.401. The molecule has 0 bridgehead atoms. The van der Waals surface area contributed by atoms with Crippen LogP contribution < -0.4 is 20.1 Å². The maximum atomic E-state index is 13.3. The maximum absolute atomic E-state index is 13.3. The molecule has 0 aliphatic carbocycles. The van der Waals surface area contributed by atoms with Gasteiger partial charge >= 0.3 is 0 Å². The summed E-state index contributed by atoms with van der Waals surface area (Å²) < 4.78 is 11.6. The molecule has 0 unspecified atom stereocenters. The van der Waals surface area contributed by atoms with Crippen LogP contribution in [0.15, 0.2) is 103 Å². The van der Waals surface area contributed by atoms with Crippen molar-refractivity contribution in [2.45, 2.75) is 12.6 Å². The van der Waals surface area contributed by atoms with Gasteiger partial charge in [0.1, 0.15) is 12.6 Å². The first-order chi connectivity index (χ1) is 17.2. The van der Waals surface area contributed by atoms with Crippen molar-refractivity contribution in [2.24, 2.45) is 0 Å². The highest BCUT2D eigenvalue weighted by molar-refractivity contribution is 5.97. The van der Waals surface area contributed by atoms with Gasteiger partial charge in [0.05, 0.1) is 18.7 Å². The SMILES string of the molecule is COc1cc([C@@H](Nc2ccc(C#N)cc2)C(=O)Nc2ccccc2)ccc1OCc1ccccc1. The highest BCUT2D eigenvalue weighted by Crippen LogP contribution is 2.33. The number of methoxy groups -OCH3 is 1. The van der Waals surface area contributed by atoms with E-state index in [1.165, 1.54) is 0 Å². The molecule has 0 aliphatic rings. The topological polar surface area (TPSA) is 83.4 Å². The molecule has 174 valence electrons. The van der Waals surface area contributed by atoms with E-state index in [2.05, 4.69) is 16.7 Å². The lowest BCUT2D eigenvalue weighted by Gasteiger charge is -2.21. The fourth-order valence-corrected chi connectivity index (χ4v) is 3.56. The van der Waals surface area contributed by atoms with Gasteiger partial charge in [0.2, 0.25) is 0 Å². The molecule has 1 amide bonds. The van der Waals surface area contributed by atoms with E-state index in [1.54, 1.807) is 43.5 Å². The molecule has 6 heteroatoms. The first-order valence-corrected chi connectivity index (χ1v) is 11.1. The summed E-state index contributed by atoms with van der Waals surface area (Å²) in [7, 11) is 1.57. The number of hydrogen-bond donors (Lipinski definition) is 2. The van der Waals surface area contributed by atoms with Crippen molar-refractivity contribution in [1.29, 1.82) is 5.26 Å². The van der Waals surface area contributed by atoms with Gasteiger partial charge in [0.25, 0.3) is 5.91 Å². The monoisotopic (exact) mass is 463 g/mol. The van der Waals surface area contributed by atoms with Crippen LogP contribution in [0.2, 0.25) is 0 Å². The van der Waals surface area contributed by atoms with Crippen molar-refractivity contribution in [3.05, 3.63) is 120 Å². The standard InChI is InChI=1S/C29H25N3O3/c1-34-27-18-23(14-17-26(27)35-20-22-8-4-2-5-9-22)28(29(33)32-24-10-6-3-7-11-24)31-25-15-12-21(19-30)13-16-25/h2-18,28,31H,20H2,1H3,(H,32,33)/t28-/m1/s1. The van der Waals surface area contributed by atoms with Gasteiger partial charge in [-0.15, -0.1) is 0 Å². The van der Waals surface area contributed by atoms with Gasteiger partial charge in [0.15, 0.2) is 11.5 Å². The Balaban J connectivity index is 1.60. The van der Waals surface area contributed by atoms with Crippen LogP contribution in [0.4, 0.5) is 11.4 Å². The molecule has 0 saturated carbocycles. The summed E-state index contributed by atoms with van der Waals surface area (Å²) in [5.41, 5.74) is 3.69. The summed E-state index contributed by atoms with van der Waals surface area (Å²) in [6.07, 6.45) is 0. The van der Waals surface area contributed by atoms with E-state index in [0.717, 1.165) is 5.56 Å². The van der Waals surface area contributed by atoms with Crippen LogP contribution in [-0.2, 0) is 11.4 Å². The number of carbonyl (C=O) groups is 1. The normalized spacial score (nSPS) is 11.1. The van der Waals surface area contributed by atoms with Crippen LogP contribution in [0.1, 0.15) is 22.7 Å². The summed E-state index contributed by atoms with van der Waals surface area (Å²) in [5, 5.41) is 15.3. The molecular weight excluding hydrogens is 438 g/mol. The second kappa shape index (κ2) is 11.4. The fraction of sp³-hybridized carbons (Fsp3) is 0.103. The zero-order valence-electron chi connectivity index (χ0n) is 19.3. The van der Waals surface area contributed by atoms with Gasteiger partial charge < -0.3 is 20.1 Å². The number of hydrogen-bond acceptors (Lipinski definition) is 5. The van der Waals surface area contributed by atoms with Crippen molar-refractivity contribution in [3.8, 4) is 17.6 Å². The summed E-state index contributed by atoms with van der Waals surface area (Å²) in [6, 6.07) is 32.9. The number of carbonyl (C=O) groups excluding carboxylic acids is 1. The minimum Gasteiger partial charge on any atom is -0.493 e. The zero-order chi connectivity index (χ0) is 24.5. The number of amides is 1. The van der Waals surface area contributed by atoms with Crippen LogP contribution in [0, 0.1) is 11.3 Å². The number of ether oxygens (including phenoxy) is 2. The van der Waals surface area contributed by atoms with Crippen LogP contribution in [0.25, 0.3) is 0 Å². The Bertz CT molecular complexity index is 1300. The molecular formula is C29H25N3O3. The average molecular weight is 464 g/mol. The van der Waals surface area contributed by atoms with Gasteiger partial charge in [-0.05, 0) is 59.7 Å². The number of rotatable bonds is 9. The largest absolute Gasteiger partial charge is 0.493 e. The van der Waals surface area contributed by atoms with Gasteiger partial charge in [0, 0.05) is 11.4 Å². The molecule has 4 rings (SSSR count). The number of nitriles is 1. The number of nitrogens with zero attached hydrogens (tertiary/aromatic N) is 1. The molecule has 4 aromatic carbocycles. The van der Waals surface area contributed by atoms with E-state index in [4.69, 9.17) is 14.7 Å². The summed E-state index contributed by atoms with van der Waals surface area (Å²) in [5.74, 6) is 0.874. The van der Waals surface area contributed by atoms with Crippen molar-refractivity contribution < 1.29 is 14.3 Å². The second-order valence-corrected chi connectivity index (χ2v) is 7.81. The van der Waals surface area contributed by atoms with Crippen molar-refractivity contribution in [1.82, 2.24) is 0 Å². The van der Waals surface area contributed by atoms with Gasteiger partial charge in [-0.2, -0.15) is 5.26 Å². The lowest BCUT2D eigenvalue weighted by atomic mass is 10.0. The molecule has 4 aromatic rings. The molecule has 0 saturated heterocycles. The zero-order valence-corrected chi connectivity index (χ0v) is 19.3. The quantitative estimate of drug-likeness (QED) is 0.321. The highest BCUT2D eigenvalue weighted by Gasteiger charge is 2.23. The number of para-hydroxylation sites is 1. The van der Waals surface area contributed by atoms with E-state index >= 15 is 0 Å². The Kier molecular flexibility index (Phi) is 7.62. The first kappa shape index (κ1) is 23.4. The molecule has 0 aliphatic heterocycles.